The fourth-order valence-electron chi connectivity index (χ4n) is 2.54. The molecule has 1 aliphatic rings. The first-order valence-corrected chi connectivity index (χ1v) is 6.88. The van der Waals surface area contributed by atoms with Crippen LogP contribution in [0.1, 0.15) is 25.8 Å². The number of nitrogens with two attached hydrogens (primary N) is 1. The van der Waals surface area contributed by atoms with Crippen molar-refractivity contribution in [2.24, 2.45) is 5.73 Å². The van der Waals surface area contributed by atoms with Gasteiger partial charge in [0, 0.05) is 18.4 Å². The largest absolute Gasteiger partial charge is 0.368 e. The molecule has 110 valence electrons. The number of carbonyl (C=O) groups excluding carboxylic acids is 2. The Kier molecular flexibility index (Phi) is 4.73. The zero-order valence-electron chi connectivity index (χ0n) is 11.7. The summed E-state index contributed by atoms with van der Waals surface area (Å²) in [6, 6.07) is 1.40. The van der Waals surface area contributed by atoms with Gasteiger partial charge in [0.15, 0.2) is 0 Å². The van der Waals surface area contributed by atoms with E-state index in [1.54, 1.807) is 35.0 Å². The van der Waals surface area contributed by atoms with Gasteiger partial charge in [-0.1, -0.05) is 0 Å². The van der Waals surface area contributed by atoms with E-state index in [1.165, 1.54) is 0 Å². The van der Waals surface area contributed by atoms with Crippen LogP contribution in [0.25, 0.3) is 0 Å². The number of amides is 2. The molecule has 2 heterocycles. The number of nitrogens with zero attached hydrogens (tertiary/aromatic N) is 3. The summed E-state index contributed by atoms with van der Waals surface area (Å²) in [7, 11) is 0. The predicted octanol–water partition coefficient (Wildman–Crippen LogP) is -0.490. The predicted molar refractivity (Wildman–Crippen MR) is 73.7 cm³/mol. The highest BCUT2D eigenvalue weighted by molar-refractivity contribution is 5.86. The van der Waals surface area contributed by atoms with Crippen molar-refractivity contribution in [3.63, 3.8) is 0 Å². The van der Waals surface area contributed by atoms with Gasteiger partial charge in [-0.3, -0.25) is 14.3 Å². The summed E-state index contributed by atoms with van der Waals surface area (Å²) in [4.78, 5) is 25.5. The molecule has 1 unspecified atom stereocenters. The SMILES string of the molecule is CC(C(=O)N(CC(N)=O)C1CCNCC1)n1cccn1. The van der Waals surface area contributed by atoms with Crippen LogP contribution in [-0.2, 0) is 9.59 Å². The summed E-state index contributed by atoms with van der Waals surface area (Å²) < 4.78 is 1.59. The Morgan fingerprint density at radius 1 is 1.50 bits per heavy atom. The number of nitrogens with one attached hydrogen (secondary N) is 1. The molecule has 2 amide bonds. The third-order valence-corrected chi connectivity index (χ3v) is 3.64. The normalized spacial score (nSPS) is 17.6. The molecule has 3 N–H and O–H groups in total. The summed E-state index contributed by atoms with van der Waals surface area (Å²) in [5.74, 6) is -0.594. The van der Waals surface area contributed by atoms with Gasteiger partial charge in [0.05, 0.1) is 6.54 Å². The van der Waals surface area contributed by atoms with Crippen molar-refractivity contribution < 1.29 is 9.59 Å². The van der Waals surface area contributed by atoms with E-state index in [1.807, 2.05) is 0 Å². The van der Waals surface area contributed by atoms with Crippen LogP contribution in [0.2, 0.25) is 0 Å². The monoisotopic (exact) mass is 279 g/mol. The Bertz CT molecular complexity index is 453. The second-order valence-corrected chi connectivity index (χ2v) is 5.08. The minimum Gasteiger partial charge on any atom is -0.368 e. The van der Waals surface area contributed by atoms with Crippen molar-refractivity contribution in [2.75, 3.05) is 19.6 Å². The highest BCUT2D eigenvalue weighted by Gasteiger charge is 2.30. The van der Waals surface area contributed by atoms with E-state index < -0.39 is 11.9 Å². The number of hydrogen-bond acceptors (Lipinski definition) is 4. The van der Waals surface area contributed by atoms with Crippen LogP contribution in [0, 0.1) is 0 Å². The van der Waals surface area contributed by atoms with E-state index in [0.29, 0.717) is 0 Å². The molecule has 20 heavy (non-hydrogen) atoms. The van der Waals surface area contributed by atoms with Gasteiger partial charge in [-0.25, -0.2) is 0 Å². The Labute approximate surface area is 118 Å². The molecule has 1 atom stereocenters. The quantitative estimate of drug-likeness (QED) is 0.760. The maximum absolute atomic E-state index is 12.6. The fraction of sp³-hybridized carbons (Fsp3) is 0.615. The van der Waals surface area contributed by atoms with Crippen LogP contribution in [0.15, 0.2) is 18.5 Å². The third-order valence-electron chi connectivity index (χ3n) is 3.64. The molecular weight excluding hydrogens is 258 g/mol. The maximum atomic E-state index is 12.6. The van der Waals surface area contributed by atoms with Crippen molar-refractivity contribution in [1.29, 1.82) is 0 Å². The van der Waals surface area contributed by atoms with Gasteiger partial charge in [0.25, 0.3) is 0 Å². The lowest BCUT2D eigenvalue weighted by Gasteiger charge is -2.35. The maximum Gasteiger partial charge on any atom is 0.247 e. The molecular formula is C13H21N5O2. The van der Waals surface area contributed by atoms with E-state index in [9.17, 15) is 9.59 Å². The summed E-state index contributed by atoms with van der Waals surface area (Å²) in [6.45, 7) is 3.45. The molecule has 1 aromatic heterocycles. The highest BCUT2D eigenvalue weighted by atomic mass is 16.2. The lowest BCUT2D eigenvalue weighted by molar-refractivity contribution is -0.141. The summed E-state index contributed by atoms with van der Waals surface area (Å²) in [5.41, 5.74) is 5.29. The number of hydrogen-bond donors (Lipinski definition) is 2. The summed E-state index contributed by atoms with van der Waals surface area (Å²) >= 11 is 0. The van der Waals surface area contributed by atoms with Crippen molar-refractivity contribution >= 4 is 11.8 Å². The molecule has 0 spiro atoms. The van der Waals surface area contributed by atoms with Gasteiger partial charge in [-0.05, 0) is 38.9 Å². The average Bonchev–Trinajstić information content (AvgIpc) is 2.98. The second kappa shape index (κ2) is 6.51. The molecule has 1 saturated heterocycles. The first-order valence-electron chi connectivity index (χ1n) is 6.88. The summed E-state index contributed by atoms with van der Waals surface area (Å²) in [5, 5.41) is 7.33. The number of primary amides is 1. The fourth-order valence-corrected chi connectivity index (χ4v) is 2.54. The minimum absolute atomic E-state index is 0.0326. The van der Waals surface area contributed by atoms with Crippen LogP contribution < -0.4 is 11.1 Å². The molecule has 0 aliphatic carbocycles. The zero-order chi connectivity index (χ0) is 14.5. The molecule has 7 nitrogen and oxygen atoms in total. The molecule has 2 rings (SSSR count). The first kappa shape index (κ1) is 14.5. The standard InChI is InChI=1S/C13H21N5O2/c1-10(18-8-2-5-16-18)13(20)17(9-12(14)19)11-3-6-15-7-4-11/h2,5,8,10-11,15H,3-4,6-7,9H2,1H3,(H2,14,19). The van der Waals surface area contributed by atoms with E-state index in [4.69, 9.17) is 5.73 Å². The Morgan fingerprint density at radius 3 is 2.75 bits per heavy atom. The van der Waals surface area contributed by atoms with E-state index in [-0.39, 0.29) is 18.5 Å². The number of rotatable bonds is 5. The highest BCUT2D eigenvalue weighted by Crippen LogP contribution is 2.17. The van der Waals surface area contributed by atoms with E-state index >= 15 is 0 Å². The van der Waals surface area contributed by atoms with Crippen LogP contribution in [0.5, 0.6) is 0 Å². The van der Waals surface area contributed by atoms with Crippen molar-refractivity contribution in [3.05, 3.63) is 18.5 Å². The number of aromatic nitrogens is 2. The molecule has 0 radical (unpaired) electrons. The Balaban J connectivity index is 2.12. The minimum atomic E-state index is -0.482. The van der Waals surface area contributed by atoms with Crippen molar-refractivity contribution in [3.8, 4) is 0 Å². The van der Waals surface area contributed by atoms with Crippen LogP contribution in [0.3, 0.4) is 0 Å². The molecule has 1 aliphatic heterocycles. The van der Waals surface area contributed by atoms with Gasteiger partial charge < -0.3 is 16.0 Å². The lowest BCUT2D eigenvalue weighted by Crippen LogP contribution is -2.51. The van der Waals surface area contributed by atoms with Crippen LogP contribution >= 0.6 is 0 Å². The molecule has 0 saturated carbocycles. The average molecular weight is 279 g/mol. The topological polar surface area (TPSA) is 93.2 Å². The van der Waals surface area contributed by atoms with E-state index in [0.717, 1.165) is 25.9 Å². The number of carbonyl (C=O) groups is 2. The van der Waals surface area contributed by atoms with Crippen molar-refractivity contribution in [2.45, 2.75) is 31.8 Å². The molecule has 0 bridgehead atoms. The first-order chi connectivity index (χ1) is 9.59. The Morgan fingerprint density at radius 2 is 2.20 bits per heavy atom. The number of piperidine rings is 1. The molecule has 1 aromatic rings. The smallest absolute Gasteiger partial charge is 0.247 e. The zero-order valence-corrected chi connectivity index (χ0v) is 11.7. The van der Waals surface area contributed by atoms with Crippen LogP contribution in [-0.4, -0.2) is 52.2 Å². The molecule has 7 heteroatoms. The van der Waals surface area contributed by atoms with Gasteiger partial charge >= 0.3 is 0 Å². The van der Waals surface area contributed by atoms with Crippen molar-refractivity contribution in [1.82, 2.24) is 20.0 Å². The second-order valence-electron chi connectivity index (χ2n) is 5.08. The molecule has 1 fully saturated rings. The van der Waals surface area contributed by atoms with E-state index in [2.05, 4.69) is 10.4 Å². The van der Waals surface area contributed by atoms with Crippen LogP contribution in [0.4, 0.5) is 0 Å². The Hall–Kier alpha value is -1.89. The van der Waals surface area contributed by atoms with Gasteiger partial charge in [-0.2, -0.15) is 5.10 Å². The van der Waals surface area contributed by atoms with Gasteiger partial charge in [-0.15, -0.1) is 0 Å². The summed E-state index contributed by atoms with van der Waals surface area (Å²) in [6.07, 6.45) is 5.05. The van der Waals surface area contributed by atoms with Gasteiger partial charge in [0.2, 0.25) is 11.8 Å². The lowest BCUT2D eigenvalue weighted by atomic mass is 10.0. The molecule has 0 aromatic carbocycles. The third kappa shape index (κ3) is 3.36. The van der Waals surface area contributed by atoms with Gasteiger partial charge in [0.1, 0.15) is 6.04 Å².